The third-order valence-electron chi connectivity index (χ3n) is 9.64. The van der Waals surface area contributed by atoms with Crippen LogP contribution in [0.3, 0.4) is 0 Å². The summed E-state index contributed by atoms with van der Waals surface area (Å²) >= 11 is 0. The molecule has 6 rings (SSSR count). The van der Waals surface area contributed by atoms with Gasteiger partial charge in [0.2, 0.25) is 5.91 Å². The molecule has 3 aliphatic rings. The summed E-state index contributed by atoms with van der Waals surface area (Å²) in [6.45, 7) is 6.32. The molecule has 0 unspecified atom stereocenters. The number of amides is 2. The van der Waals surface area contributed by atoms with E-state index < -0.39 is 25.9 Å². The molecule has 3 aromatic carbocycles. The Morgan fingerprint density at radius 2 is 1.77 bits per heavy atom. The van der Waals surface area contributed by atoms with E-state index in [4.69, 9.17) is 9.47 Å². The standard InChI is InChI=1S/C34H40N2O6Si/c1-22-32(43(3,4)40)30(18-31(38)35-20-25-13-9-8-12-24(25)16-26(35)21-37)42-34(22)28-17-27(41-2)14-15-29(28)36(33(34)39)19-23-10-6-5-7-11-23/h5-15,17,22,26,30,32,37,40H,16,18-21H2,1-4H3/t22-,26-,30+,32-,34+/m0/s1. The van der Waals surface area contributed by atoms with Gasteiger partial charge in [-0.1, -0.05) is 61.5 Å². The van der Waals surface area contributed by atoms with Gasteiger partial charge in [0.1, 0.15) is 5.75 Å². The molecule has 0 bridgehead atoms. The normalized spacial score (nSPS) is 26.5. The molecule has 0 aromatic heterocycles. The molecule has 3 aliphatic heterocycles. The first-order valence-electron chi connectivity index (χ1n) is 15.0. The number of hydrogen-bond donors (Lipinski definition) is 2. The van der Waals surface area contributed by atoms with Gasteiger partial charge in [0.05, 0.1) is 44.5 Å². The topological polar surface area (TPSA) is 99.5 Å². The van der Waals surface area contributed by atoms with Crippen LogP contribution in [0.25, 0.3) is 0 Å². The van der Waals surface area contributed by atoms with Crippen LogP contribution in [0, 0.1) is 5.92 Å². The van der Waals surface area contributed by atoms with Crippen molar-refractivity contribution in [3.63, 3.8) is 0 Å². The van der Waals surface area contributed by atoms with E-state index in [0.717, 1.165) is 22.4 Å². The van der Waals surface area contributed by atoms with Crippen LogP contribution in [0.1, 0.15) is 35.6 Å². The molecular formula is C34H40N2O6Si. The van der Waals surface area contributed by atoms with Crippen LogP contribution in [0.4, 0.5) is 5.69 Å². The molecule has 3 heterocycles. The Labute approximate surface area is 254 Å². The van der Waals surface area contributed by atoms with Crippen molar-refractivity contribution < 1.29 is 29.0 Å². The van der Waals surface area contributed by atoms with Crippen LogP contribution >= 0.6 is 0 Å². The Bertz CT molecular complexity index is 1520. The fourth-order valence-corrected chi connectivity index (χ4v) is 10.2. The highest BCUT2D eigenvalue weighted by Crippen LogP contribution is 2.60. The number of carbonyl (C=O) groups is 2. The maximum absolute atomic E-state index is 14.6. The van der Waals surface area contributed by atoms with Crippen LogP contribution in [0.15, 0.2) is 72.8 Å². The van der Waals surface area contributed by atoms with Crippen molar-refractivity contribution in [2.75, 3.05) is 18.6 Å². The molecule has 2 N–H and O–H groups in total. The molecule has 9 heteroatoms. The van der Waals surface area contributed by atoms with Crippen LogP contribution in [0.2, 0.25) is 18.6 Å². The summed E-state index contributed by atoms with van der Waals surface area (Å²) in [6, 6.07) is 23.1. The van der Waals surface area contributed by atoms with Crippen molar-refractivity contribution >= 4 is 25.8 Å². The molecule has 5 atom stereocenters. The molecule has 8 nitrogen and oxygen atoms in total. The number of fused-ring (bicyclic) bond motifs is 3. The van der Waals surface area contributed by atoms with Crippen LogP contribution < -0.4 is 9.64 Å². The second-order valence-electron chi connectivity index (χ2n) is 12.7. The Hall–Kier alpha value is -3.50. The number of hydrogen-bond acceptors (Lipinski definition) is 6. The maximum atomic E-state index is 14.6. The quantitative estimate of drug-likeness (QED) is 0.391. The lowest BCUT2D eigenvalue weighted by atomic mass is 9.82. The van der Waals surface area contributed by atoms with Gasteiger partial charge in [-0.2, -0.15) is 0 Å². The monoisotopic (exact) mass is 600 g/mol. The summed E-state index contributed by atoms with van der Waals surface area (Å²) in [5.74, 6) is -0.126. The van der Waals surface area contributed by atoms with E-state index in [1.54, 1.807) is 16.9 Å². The number of ether oxygens (including phenoxy) is 2. The zero-order chi connectivity index (χ0) is 30.5. The highest BCUT2D eigenvalue weighted by atomic mass is 28.4. The largest absolute Gasteiger partial charge is 0.497 e. The SMILES string of the molecule is COc1ccc2c(c1)[C@@]1(O[C@H](CC(=O)N3Cc4ccccc4C[C@H]3CO)[C@@H]([Si](C)(C)O)[C@@H]1C)C(=O)N2Cc1ccccc1. The van der Waals surface area contributed by atoms with E-state index in [1.807, 2.05) is 92.8 Å². The van der Waals surface area contributed by atoms with Gasteiger partial charge in [0.15, 0.2) is 13.9 Å². The number of aliphatic hydroxyl groups is 1. The lowest BCUT2D eigenvalue weighted by molar-refractivity contribution is -0.151. The van der Waals surface area contributed by atoms with Crippen molar-refractivity contribution in [3.05, 3.63) is 95.1 Å². The van der Waals surface area contributed by atoms with Crippen LogP contribution in [-0.4, -0.2) is 60.8 Å². The first-order chi connectivity index (χ1) is 20.6. The maximum Gasteiger partial charge on any atom is 0.264 e. The second kappa shape index (κ2) is 11.2. The van der Waals surface area contributed by atoms with Crippen molar-refractivity contribution in [1.82, 2.24) is 4.90 Å². The predicted molar refractivity (Wildman–Crippen MR) is 166 cm³/mol. The Kier molecular flexibility index (Phi) is 7.70. The van der Waals surface area contributed by atoms with Gasteiger partial charge in [0, 0.05) is 23.6 Å². The minimum absolute atomic E-state index is 0.0116. The van der Waals surface area contributed by atoms with Gasteiger partial charge >= 0.3 is 0 Å². The molecular weight excluding hydrogens is 560 g/mol. The molecule has 3 aromatic rings. The molecule has 226 valence electrons. The number of rotatable bonds is 7. The highest BCUT2D eigenvalue weighted by molar-refractivity contribution is 6.71. The van der Waals surface area contributed by atoms with E-state index in [-0.39, 0.29) is 36.4 Å². The van der Waals surface area contributed by atoms with Gasteiger partial charge in [-0.3, -0.25) is 9.59 Å². The van der Waals surface area contributed by atoms with E-state index in [0.29, 0.717) is 30.8 Å². The van der Waals surface area contributed by atoms with E-state index in [9.17, 15) is 19.5 Å². The third kappa shape index (κ3) is 4.98. The molecule has 0 saturated carbocycles. The molecule has 0 aliphatic carbocycles. The van der Waals surface area contributed by atoms with E-state index in [1.165, 1.54) is 0 Å². The van der Waals surface area contributed by atoms with Crippen molar-refractivity contribution in [1.29, 1.82) is 0 Å². The minimum atomic E-state index is -2.96. The van der Waals surface area contributed by atoms with Gasteiger partial charge in [-0.15, -0.1) is 0 Å². The van der Waals surface area contributed by atoms with E-state index >= 15 is 0 Å². The average molecular weight is 601 g/mol. The Balaban J connectivity index is 1.37. The third-order valence-corrected chi connectivity index (χ3v) is 12.1. The number of nitrogens with zero attached hydrogens (tertiary/aromatic N) is 2. The summed E-state index contributed by atoms with van der Waals surface area (Å²) in [4.78, 5) is 43.7. The fraction of sp³-hybridized carbons (Fsp3) is 0.412. The second-order valence-corrected chi connectivity index (χ2v) is 16.6. The average Bonchev–Trinajstić information content (AvgIpc) is 3.42. The molecule has 2 amide bonds. The summed E-state index contributed by atoms with van der Waals surface area (Å²) in [6.07, 6.45) is -0.0866. The van der Waals surface area contributed by atoms with Gasteiger partial charge < -0.3 is 29.2 Å². The summed E-state index contributed by atoms with van der Waals surface area (Å²) in [5.41, 5.74) is 2.89. The zero-order valence-electron chi connectivity index (χ0n) is 25.2. The molecule has 43 heavy (non-hydrogen) atoms. The molecule has 1 fully saturated rings. The number of anilines is 1. The number of aliphatic hydroxyl groups excluding tert-OH is 1. The smallest absolute Gasteiger partial charge is 0.264 e. The first-order valence-corrected chi connectivity index (χ1v) is 18.0. The lowest BCUT2D eigenvalue weighted by Crippen LogP contribution is -2.48. The number of carbonyl (C=O) groups excluding carboxylic acids is 2. The highest BCUT2D eigenvalue weighted by Gasteiger charge is 2.66. The summed E-state index contributed by atoms with van der Waals surface area (Å²) in [5, 5.41) is 10.2. The van der Waals surface area contributed by atoms with Gasteiger partial charge in [-0.25, -0.2) is 0 Å². The van der Waals surface area contributed by atoms with Gasteiger partial charge in [0.25, 0.3) is 5.91 Å². The Morgan fingerprint density at radius 1 is 1.07 bits per heavy atom. The van der Waals surface area contributed by atoms with Crippen molar-refractivity contribution in [2.45, 2.75) is 69.2 Å². The first kappa shape index (κ1) is 29.6. The summed E-state index contributed by atoms with van der Waals surface area (Å²) < 4.78 is 12.5. The zero-order valence-corrected chi connectivity index (χ0v) is 26.2. The fourth-order valence-electron chi connectivity index (χ4n) is 7.64. The summed E-state index contributed by atoms with van der Waals surface area (Å²) in [7, 11) is -1.37. The minimum Gasteiger partial charge on any atom is -0.497 e. The van der Waals surface area contributed by atoms with Crippen molar-refractivity contribution in [2.24, 2.45) is 5.92 Å². The lowest BCUT2D eigenvalue weighted by Gasteiger charge is -2.37. The number of methoxy groups -OCH3 is 1. The van der Waals surface area contributed by atoms with Crippen molar-refractivity contribution in [3.8, 4) is 5.75 Å². The number of benzene rings is 3. The molecule has 0 radical (unpaired) electrons. The Morgan fingerprint density at radius 3 is 2.44 bits per heavy atom. The molecule has 1 saturated heterocycles. The van der Waals surface area contributed by atoms with Gasteiger partial charge in [-0.05, 0) is 54.4 Å². The molecule has 1 spiro atoms. The van der Waals surface area contributed by atoms with E-state index in [2.05, 4.69) is 0 Å². The van der Waals surface area contributed by atoms with Crippen LogP contribution in [-0.2, 0) is 39.4 Å². The predicted octanol–water partition coefficient (Wildman–Crippen LogP) is 4.38. The van der Waals surface area contributed by atoms with Crippen LogP contribution in [0.5, 0.6) is 5.75 Å².